The first-order valence-corrected chi connectivity index (χ1v) is 6.39. The fourth-order valence-corrected chi connectivity index (χ4v) is 3.22. The van der Waals surface area contributed by atoms with Crippen LogP contribution in [0.1, 0.15) is 31.2 Å². The zero-order valence-corrected chi connectivity index (χ0v) is 10.3. The molecule has 1 nitrogen and oxygen atoms in total. The quantitative estimate of drug-likeness (QED) is 0.891. The molecule has 2 aliphatic rings. The second-order valence-electron chi connectivity index (χ2n) is 5.03. The van der Waals surface area contributed by atoms with Crippen molar-refractivity contribution in [1.29, 1.82) is 0 Å². The summed E-state index contributed by atoms with van der Waals surface area (Å²) >= 11 is 3.47. The summed E-state index contributed by atoms with van der Waals surface area (Å²) < 4.78 is 1.14. The molecule has 0 saturated heterocycles. The van der Waals surface area contributed by atoms with E-state index in [0.717, 1.165) is 4.47 Å². The first-order chi connectivity index (χ1) is 7.22. The Hall–Kier alpha value is -0.340. The van der Waals surface area contributed by atoms with Gasteiger partial charge in [-0.1, -0.05) is 28.1 Å². The fraction of sp³-hybridized carbons (Fsp3) is 0.538. The van der Waals surface area contributed by atoms with Crippen molar-refractivity contribution in [2.24, 2.45) is 5.41 Å². The molecule has 0 atom stereocenters. The summed E-state index contributed by atoms with van der Waals surface area (Å²) in [6.45, 7) is 0.364. The van der Waals surface area contributed by atoms with Gasteiger partial charge in [-0.25, -0.2) is 0 Å². The predicted octanol–water partition coefficient (Wildman–Crippen LogP) is 3.25. The SMILES string of the molecule is OCC1(C2(c3ccc(Br)cc3)CC2)CC1. The highest BCUT2D eigenvalue weighted by Gasteiger charge is 2.65. The second-order valence-corrected chi connectivity index (χ2v) is 5.94. The van der Waals surface area contributed by atoms with Crippen LogP contribution >= 0.6 is 15.9 Å². The normalized spacial score (nSPS) is 24.9. The minimum absolute atomic E-state index is 0.237. The maximum atomic E-state index is 9.54. The molecular formula is C13H15BrO. The Morgan fingerprint density at radius 2 is 1.67 bits per heavy atom. The summed E-state index contributed by atoms with van der Waals surface area (Å²) in [5.41, 5.74) is 1.99. The maximum absolute atomic E-state index is 9.54. The molecule has 2 heteroatoms. The molecule has 80 valence electrons. The number of aliphatic hydroxyl groups excluding tert-OH is 1. The summed E-state index contributed by atoms with van der Waals surface area (Å²) in [4.78, 5) is 0. The van der Waals surface area contributed by atoms with Crippen molar-refractivity contribution in [1.82, 2.24) is 0 Å². The van der Waals surface area contributed by atoms with E-state index in [1.165, 1.54) is 31.2 Å². The van der Waals surface area contributed by atoms with E-state index in [1.807, 2.05) is 0 Å². The van der Waals surface area contributed by atoms with E-state index < -0.39 is 0 Å². The third-order valence-corrected chi connectivity index (χ3v) is 4.85. The van der Waals surface area contributed by atoms with Gasteiger partial charge >= 0.3 is 0 Å². The molecule has 0 bridgehead atoms. The van der Waals surface area contributed by atoms with E-state index in [9.17, 15) is 5.11 Å². The summed E-state index contributed by atoms with van der Waals surface area (Å²) in [5.74, 6) is 0. The molecule has 15 heavy (non-hydrogen) atoms. The Bertz CT molecular complexity index is 374. The van der Waals surface area contributed by atoms with Gasteiger partial charge in [0.2, 0.25) is 0 Å². The van der Waals surface area contributed by atoms with Crippen molar-refractivity contribution < 1.29 is 5.11 Å². The van der Waals surface area contributed by atoms with Gasteiger partial charge in [-0.3, -0.25) is 0 Å². The van der Waals surface area contributed by atoms with Gasteiger partial charge in [-0.05, 0) is 43.4 Å². The number of aliphatic hydroxyl groups is 1. The van der Waals surface area contributed by atoms with E-state index in [2.05, 4.69) is 40.2 Å². The van der Waals surface area contributed by atoms with E-state index >= 15 is 0 Å². The van der Waals surface area contributed by atoms with Crippen molar-refractivity contribution in [3.05, 3.63) is 34.3 Å². The second kappa shape index (κ2) is 3.08. The van der Waals surface area contributed by atoms with Gasteiger partial charge in [0.05, 0.1) is 0 Å². The van der Waals surface area contributed by atoms with Crippen LogP contribution in [-0.2, 0) is 5.41 Å². The lowest BCUT2D eigenvalue weighted by Gasteiger charge is -2.25. The van der Waals surface area contributed by atoms with Crippen molar-refractivity contribution in [2.75, 3.05) is 6.61 Å². The molecule has 1 aromatic carbocycles. The number of rotatable bonds is 3. The van der Waals surface area contributed by atoms with Gasteiger partial charge in [0, 0.05) is 21.9 Å². The van der Waals surface area contributed by atoms with Crippen LogP contribution in [0.5, 0.6) is 0 Å². The molecule has 0 aromatic heterocycles. The van der Waals surface area contributed by atoms with Crippen LogP contribution in [0.25, 0.3) is 0 Å². The molecule has 1 aromatic rings. The van der Waals surface area contributed by atoms with E-state index in [0.29, 0.717) is 12.0 Å². The van der Waals surface area contributed by atoms with Crippen LogP contribution in [0.4, 0.5) is 0 Å². The molecule has 0 unspecified atom stereocenters. The summed E-state index contributed by atoms with van der Waals surface area (Å²) in [5, 5.41) is 9.54. The van der Waals surface area contributed by atoms with Crippen molar-refractivity contribution in [3.63, 3.8) is 0 Å². The molecule has 2 saturated carbocycles. The standard InChI is InChI=1S/C13H15BrO/c14-11-3-1-10(2-4-11)13(7-8-13)12(9-15)5-6-12/h1-4,15H,5-9H2. The van der Waals surface area contributed by atoms with E-state index in [4.69, 9.17) is 0 Å². The predicted molar refractivity (Wildman–Crippen MR) is 63.8 cm³/mol. The number of hydrogen-bond acceptors (Lipinski definition) is 1. The number of halogens is 1. The summed E-state index contributed by atoms with van der Waals surface area (Å²) in [7, 11) is 0. The highest BCUT2D eigenvalue weighted by Crippen LogP contribution is 2.70. The molecular weight excluding hydrogens is 252 g/mol. The van der Waals surface area contributed by atoms with Gasteiger partial charge in [0.25, 0.3) is 0 Å². The number of hydrogen-bond donors (Lipinski definition) is 1. The first-order valence-electron chi connectivity index (χ1n) is 5.59. The Kier molecular flexibility index (Phi) is 2.02. The monoisotopic (exact) mass is 266 g/mol. The average Bonchev–Trinajstić information content (AvgIpc) is 3.13. The minimum atomic E-state index is 0.237. The van der Waals surface area contributed by atoms with Crippen LogP contribution < -0.4 is 0 Å². The van der Waals surface area contributed by atoms with Gasteiger partial charge in [0.1, 0.15) is 0 Å². The van der Waals surface area contributed by atoms with Crippen molar-refractivity contribution in [3.8, 4) is 0 Å². The molecule has 0 amide bonds. The van der Waals surface area contributed by atoms with Crippen LogP contribution in [0.15, 0.2) is 28.7 Å². The van der Waals surface area contributed by atoms with Crippen molar-refractivity contribution in [2.45, 2.75) is 31.1 Å². The first kappa shape index (κ1) is 9.86. The van der Waals surface area contributed by atoms with Gasteiger partial charge in [-0.15, -0.1) is 0 Å². The third-order valence-electron chi connectivity index (χ3n) is 4.32. The zero-order valence-electron chi connectivity index (χ0n) is 8.67. The molecule has 2 fully saturated rings. The Labute approximate surface area is 98.6 Å². The topological polar surface area (TPSA) is 20.2 Å². The van der Waals surface area contributed by atoms with Gasteiger partial charge < -0.3 is 5.11 Å². The molecule has 0 aliphatic heterocycles. The molecule has 2 aliphatic carbocycles. The highest BCUT2D eigenvalue weighted by atomic mass is 79.9. The highest BCUT2D eigenvalue weighted by molar-refractivity contribution is 9.10. The molecule has 3 rings (SSSR count). The lowest BCUT2D eigenvalue weighted by Crippen LogP contribution is -2.25. The largest absolute Gasteiger partial charge is 0.396 e. The summed E-state index contributed by atoms with van der Waals surface area (Å²) in [6, 6.07) is 8.66. The molecule has 1 N–H and O–H groups in total. The molecule has 0 spiro atoms. The fourth-order valence-electron chi connectivity index (χ4n) is 2.96. The lowest BCUT2D eigenvalue weighted by atomic mass is 9.80. The van der Waals surface area contributed by atoms with Crippen molar-refractivity contribution >= 4 is 15.9 Å². The smallest absolute Gasteiger partial charge is 0.0495 e. The molecule has 0 radical (unpaired) electrons. The third kappa shape index (κ3) is 1.31. The van der Waals surface area contributed by atoms with E-state index in [-0.39, 0.29) is 5.41 Å². The summed E-state index contributed by atoms with van der Waals surface area (Å²) in [6.07, 6.45) is 4.93. The lowest BCUT2D eigenvalue weighted by molar-refractivity contribution is 0.177. The average molecular weight is 267 g/mol. The number of benzene rings is 1. The zero-order chi connectivity index (χ0) is 10.5. The Morgan fingerprint density at radius 3 is 2.07 bits per heavy atom. The molecule has 0 heterocycles. The van der Waals surface area contributed by atoms with Crippen LogP contribution in [-0.4, -0.2) is 11.7 Å². The van der Waals surface area contributed by atoms with Gasteiger partial charge in [0.15, 0.2) is 0 Å². The van der Waals surface area contributed by atoms with Crippen LogP contribution in [0, 0.1) is 5.41 Å². The van der Waals surface area contributed by atoms with Gasteiger partial charge in [-0.2, -0.15) is 0 Å². The Balaban J connectivity index is 1.97. The maximum Gasteiger partial charge on any atom is 0.0495 e. The Morgan fingerprint density at radius 1 is 1.07 bits per heavy atom. The van der Waals surface area contributed by atoms with Crippen LogP contribution in [0.3, 0.4) is 0 Å². The van der Waals surface area contributed by atoms with E-state index in [1.54, 1.807) is 0 Å². The minimum Gasteiger partial charge on any atom is -0.396 e. The van der Waals surface area contributed by atoms with Crippen LogP contribution in [0.2, 0.25) is 0 Å².